The Kier molecular flexibility index (Phi) is 9.52. The van der Waals surface area contributed by atoms with Crippen molar-refractivity contribution in [1.29, 1.82) is 0 Å². The molecule has 1 atom stereocenters. The Hall–Kier alpha value is -5.04. The molecule has 0 radical (unpaired) electrons. The zero-order valence-electron chi connectivity index (χ0n) is 26.6. The predicted molar refractivity (Wildman–Crippen MR) is 170 cm³/mol. The van der Waals surface area contributed by atoms with Crippen molar-refractivity contribution >= 4 is 35.4 Å². The first kappa shape index (κ1) is 32.4. The number of piperidine rings is 1. The number of aromatic nitrogens is 3. The molecule has 4 aromatic rings. The summed E-state index contributed by atoms with van der Waals surface area (Å²) < 4.78 is 26.7. The number of anilines is 2. The van der Waals surface area contributed by atoms with Crippen LogP contribution in [0.15, 0.2) is 55.0 Å². The first-order chi connectivity index (χ1) is 22.0. The van der Waals surface area contributed by atoms with Crippen LogP contribution < -0.4 is 15.4 Å². The lowest BCUT2D eigenvalue weighted by molar-refractivity contribution is -0.914. The maximum atomic E-state index is 14.4. The van der Waals surface area contributed by atoms with Gasteiger partial charge in [-0.15, -0.1) is 0 Å². The summed E-state index contributed by atoms with van der Waals surface area (Å²) in [6.45, 7) is 3.42. The summed E-state index contributed by atoms with van der Waals surface area (Å²) in [7, 11) is 7.08. The molecule has 0 spiro atoms. The number of carbonyl (C=O) groups is 3. The van der Waals surface area contributed by atoms with Gasteiger partial charge in [-0.2, -0.15) is 0 Å². The second kappa shape index (κ2) is 13.5. The Morgan fingerprint density at radius 1 is 1.13 bits per heavy atom. The summed E-state index contributed by atoms with van der Waals surface area (Å²) in [4.78, 5) is 47.9. The van der Waals surface area contributed by atoms with E-state index < -0.39 is 12.0 Å². The maximum absolute atomic E-state index is 14.4. The normalized spacial score (nSPS) is 14.5. The number of nitrogens with one attached hydrogen (secondary N) is 2. The third kappa shape index (κ3) is 6.94. The van der Waals surface area contributed by atoms with Crippen molar-refractivity contribution in [2.75, 3.05) is 53.2 Å². The molecule has 1 saturated heterocycles. The fourth-order valence-electron chi connectivity index (χ4n) is 5.58. The summed E-state index contributed by atoms with van der Waals surface area (Å²) >= 11 is 0. The summed E-state index contributed by atoms with van der Waals surface area (Å²) in [5, 5.41) is 6.20. The molecule has 1 aliphatic rings. The number of nitrogens with zero attached hydrogens (tertiary/aromatic N) is 5. The number of halogens is 1. The van der Waals surface area contributed by atoms with E-state index in [-0.39, 0.29) is 30.0 Å². The first-order valence-corrected chi connectivity index (χ1v) is 15.0. The molecule has 0 aliphatic carbocycles. The summed E-state index contributed by atoms with van der Waals surface area (Å²) in [5.74, 6) is -0.198. The monoisotopic (exact) mass is 632 g/mol. The second-order valence-corrected chi connectivity index (χ2v) is 12.2. The number of rotatable bonds is 11. The molecule has 5 rings (SSSR count). The molecule has 0 bridgehead atoms. The molecular formula is C33H39FN7O5+. The van der Waals surface area contributed by atoms with E-state index >= 15 is 0 Å². The number of likely N-dealkylation sites (N-methyl/N-ethyl adjacent to an activating group) is 1. The lowest BCUT2D eigenvalue weighted by atomic mass is 9.95. The van der Waals surface area contributed by atoms with Crippen molar-refractivity contribution < 1.29 is 32.7 Å². The Balaban J connectivity index is 1.21. The van der Waals surface area contributed by atoms with Crippen molar-refractivity contribution in [2.45, 2.75) is 26.0 Å². The fourth-order valence-corrected chi connectivity index (χ4v) is 5.58. The molecule has 3 heterocycles. The molecule has 2 amide bonds. The largest absolute Gasteiger partial charge is 0.494 e. The number of hydrogen-bond acceptors (Lipinski definition) is 8. The number of benzene rings is 2. The maximum Gasteiger partial charge on any atom is 0.297 e. The molecule has 1 aliphatic heterocycles. The number of quaternary nitrogens is 1. The number of methoxy groups -OCH3 is 1. The van der Waals surface area contributed by atoms with Crippen molar-refractivity contribution in [2.24, 2.45) is 5.92 Å². The highest BCUT2D eigenvalue weighted by Gasteiger charge is 2.31. The van der Waals surface area contributed by atoms with Crippen LogP contribution in [-0.4, -0.2) is 96.2 Å². The standard InChI is InChI=1S/C33H38FN7O5/c1-21-16-24(38-30-31-36-18-27(40(31)15-12-35-30)23-6-9-28(45-5)26(34)17-23)7-8-25(21)33(44)39-13-10-22(11-14-39)32(43)37-19-29(46-20-42)41(2,3)4/h6-9,12,15-18,20,22,29H,10-11,13-14,19H2,1-5H3,(H-,35,37,38,43,44)/p+1. The summed E-state index contributed by atoms with van der Waals surface area (Å²) in [5.41, 5.74) is 4.00. The van der Waals surface area contributed by atoms with Crippen molar-refractivity contribution in [3.8, 4) is 17.0 Å². The predicted octanol–water partition coefficient (Wildman–Crippen LogP) is 3.77. The van der Waals surface area contributed by atoms with E-state index in [0.717, 1.165) is 11.3 Å². The molecule has 13 heteroatoms. The van der Waals surface area contributed by atoms with Crippen LogP contribution in [0.3, 0.4) is 0 Å². The van der Waals surface area contributed by atoms with Crippen molar-refractivity contribution in [3.63, 3.8) is 0 Å². The van der Waals surface area contributed by atoms with Gasteiger partial charge in [0.05, 0.1) is 40.1 Å². The zero-order valence-corrected chi connectivity index (χ0v) is 26.6. The van der Waals surface area contributed by atoms with Crippen LogP contribution in [0, 0.1) is 18.7 Å². The molecule has 0 saturated carbocycles. The van der Waals surface area contributed by atoms with Gasteiger partial charge in [0.15, 0.2) is 23.0 Å². The Morgan fingerprint density at radius 2 is 1.89 bits per heavy atom. The third-order valence-corrected chi connectivity index (χ3v) is 8.28. The average molecular weight is 633 g/mol. The molecule has 2 aromatic carbocycles. The first-order valence-electron chi connectivity index (χ1n) is 15.0. The van der Waals surface area contributed by atoms with Crippen LogP contribution in [0.2, 0.25) is 0 Å². The molecule has 12 nitrogen and oxygen atoms in total. The van der Waals surface area contributed by atoms with Gasteiger partial charge in [-0.3, -0.25) is 23.3 Å². The molecule has 46 heavy (non-hydrogen) atoms. The van der Waals surface area contributed by atoms with Crippen LogP contribution >= 0.6 is 0 Å². The smallest absolute Gasteiger partial charge is 0.297 e. The van der Waals surface area contributed by atoms with Crippen LogP contribution in [0.5, 0.6) is 5.75 Å². The lowest BCUT2D eigenvalue weighted by Crippen LogP contribution is -2.53. The molecule has 2 aromatic heterocycles. The van der Waals surface area contributed by atoms with Crippen LogP contribution in [0.4, 0.5) is 15.9 Å². The van der Waals surface area contributed by atoms with E-state index in [1.165, 1.54) is 13.2 Å². The van der Waals surface area contributed by atoms with Crippen LogP contribution in [0.1, 0.15) is 28.8 Å². The number of hydrogen-bond donors (Lipinski definition) is 2. The van der Waals surface area contributed by atoms with Crippen LogP contribution in [-0.2, 0) is 14.3 Å². The summed E-state index contributed by atoms with van der Waals surface area (Å²) in [6.07, 6.45) is 5.66. The second-order valence-electron chi connectivity index (χ2n) is 12.2. The number of carbonyl (C=O) groups excluding carboxylic acids is 3. The van der Waals surface area contributed by atoms with Gasteiger partial charge in [-0.25, -0.2) is 14.4 Å². The molecule has 2 N–H and O–H groups in total. The highest BCUT2D eigenvalue weighted by Crippen LogP contribution is 2.29. The van der Waals surface area contributed by atoms with E-state index in [9.17, 15) is 18.8 Å². The number of fused-ring (bicyclic) bond motifs is 1. The third-order valence-electron chi connectivity index (χ3n) is 8.28. The highest BCUT2D eigenvalue weighted by atomic mass is 19.1. The van der Waals surface area contributed by atoms with Gasteiger partial charge in [-0.05, 0) is 61.7 Å². The van der Waals surface area contributed by atoms with Gasteiger partial charge >= 0.3 is 0 Å². The topological polar surface area (TPSA) is 127 Å². The minimum atomic E-state index is -0.491. The van der Waals surface area contributed by atoms with Gasteiger partial charge in [-0.1, -0.05) is 0 Å². The van der Waals surface area contributed by atoms with Gasteiger partial charge < -0.3 is 25.0 Å². The molecule has 242 valence electrons. The molecule has 1 fully saturated rings. The van der Waals surface area contributed by atoms with E-state index in [1.807, 2.05) is 44.6 Å². The van der Waals surface area contributed by atoms with Crippen LogP contribution in [0.25, 0.3) is 16.9 Å². The Labute approximate surface area is 266 Å². The summed E-state index contributed by atoms with van der Waals surface area (Å²) in [6, 6.07) is 10.2. The number of likely N-dealkylation sites (tertiary alicyclic amines) is 1. The van der Waals surface area contributed by atoms with E-state index in [4.69, 9.17) is 9.47 Å². The molecular weight excluding hydrogens is 593 g/mol. The number of aryl methyl sites for hydroxylation is 1. The zero-order chi connectivity index (χ0) is 33.0. The average Bonchev–Trinajstić information content (AvgIpc) is 3.47. The SMILES string of the molecule is COc1ccc(-c2cnc3c(Nc4ccc(C(=O)N5CCC(C(=O)NCC(OC=O)[N+](C)(C)C)CC5)c(C)c4)nccn23)cc1F. The lowest BCUT2D eigenvalue weighted by Gasteiger charge is -2.34. The van der Waals surface area contributed by atoms with E-state index in [2.05, 4.69) is 20.6 Å². The Bertz CT molecular complexity index is 1740. The van der Waals surface area contributed by atoms with Gasteiger partial charge in [0.25, 0.3) is 18.6 Å². The fraction of sp³-hybridized carbons (Fsp3) is 0.364. The van der Waals surface area contributed by atoms with Gasteiger partial charge in [0.2, 0.25) is 5.91 Å². The number of ether oxygens (including phenoxy) is 2. The Morgan fingerprint density at radius 3 is 2.54 bits per heavy atom. The van der Waals surface area contributed by atoms with Crippen molar-refractivity contribution in [1.82, 2.24) is 24.6 Å². The number of amides is 2. The van der Waals surface area contributed by atoms with E-state index in [0.29, 0.717) is 65.2 Å². The quantitative estimate of drug-likeness (QED) is 0.145. The highest BCUT2D eigenvalue weighted by molar-refractivity contribution is 5.96. The number of imidazole rings is 1. The van der Waals surface area contributed by atoms with Gasteiger partial charge in [0, 0.05) is 48.2 Å². The van der Waals surface area contributed by atoms with Crippen molar-refractivity contribution in [3.05, 3.63) is 71.9 Å². The minimum Gasteiger partial charge on any atom is -0.494 e. The minimum absolute atomic E-state index is 0.0859. The van der Waals surface area contributed by atoms with E-state index in [1.54, 1.807) is 41.7 Å². The molecule has 1 unspecified atom stereocenters. The van der Waals surface area contributed by atoms with Gasteiger partial charge in [0.1, 0.15) is 6.54 Å².